The Hall–Kier alpha value is 0.306. The van der Waals surface area contributed by atoms with E-state index in [1.165, 1.54) is 28.5 Å². The first-order valence-corrected chi connectivity index (χ1v) is 19.4. The Morgan fingerprint density at radius 3 is 1.78 bits per heavy atom. The molecule has 0 saturated heterocycles. The number of nitrogens with zero attached hydrogens (tertiary/aromatic N) is 2. The van der Waals surface area contributed by atoms with Gasteiger partial charge in [-0.05, 0) is 65.1 Å². The van der Waals surface area contributed by atoms with E-state index in [0.29, 0.717) is 0 Å². The number of aromatic amines is 2. The smallest absolute Gasteiger partial charge is 0.870 e. The number of nitrogens with one attached hydrogen (secondary N) is 2. The number of aromatic nitrogens is 4. The van der Waals surface area contributed by atoms with Gasteiger partial charge in [0.25, 0.3) is 0 Å². The normalized spacial score (nSPS) is 9.81. The van der Waals surface area contributed by atoms with Crippen LogP contribution in [0.5, 0.6) is 0 Å². The van der Waals surface area contributed by atoms with Gasteiger partial charge in [-0.2, -0.15) is 0 Å². The summed E-state index contributed by atoms with van der Waals surface area (Å²) in [7, 11) is 0. The second-order valence-corrected chi connectivity index (χ2v) is 10.6. The number of halogens is 3. The summed E-state index contributed by atoms with van der Waals surface area (Å²) in [6.45, 7) is 0. The number of pyridine rings is 2. The third-order valence-electron chi connectivity index (χ3n) is 4.79. The number of fused-ring (bicyclic) bond motifs is 2. The molecule has 184 valence electrons. The molecule has 0 saturated carbocycles. The molecule has 3 N–H and O–H groups in total. The van der Waals surface area contributed by atoms with Crippen LogP contribution in [0.2, 0.25) is 0 Å². The van der Waals surface area contributed by atoms with Gasteiger partial charge in [-0.25, -0.2) is 9.97 Å². The summed E-state index contributed by atoms with van der Waals surface area (Å²) >= 11 is 10.0. The van der Waals surface area contributed by atoms with Crippen molar-refractivity contribution in [2.24, 2.45) is 0 Å². The van der Waals surface area contributed by atoms with Crippen molar-refractivity contribution < 1.29 is 56.9 Å². The Balaban J connectivity index is 0.000000233. The first-order valence-electron chi connectivity index (χ1n) is 10.4. The van der Waals surface area contributed by atoms with Gasteiger partial charge < -0.3 is 15.4 Å². The topological polar surface area (TPSA) is 87.4 Å². The SMILES string of the molecule is II.Ic1c[nH]c2ncc(Sc3ccccc3)cc12.[K+].[OH-].c1ccc(Sc2cnc3[nH]ccc3c2)cc1. The van der Waals surface area contributed by atoms with E-state index in [1.807, 2.05) is 67.3 Å². The van der Waals surface area contributed by atoms with Crippen LogP contribution in [0.15, 0.2) is 123 Å². The van der Waals surface area contributed by atoms with Crippen molar-refractivity contribution in [2.45, 2.75) is 19.6 Å². The van der Waals surface area contributed by atoms with Gasteiger partial charge in [0.15, 0.2) is 0 Å². The van der Waals surface area contributed by atoms with Gasteiger partial charge in [0.05, 0.1) is 0 Å². The molecule has 0 bridgehead atoms. The maximum absolute atomic E-state index is 4.42. The molecular formula is C26H20I3KN4OS2. The fraction of sp³-hybridized carbons (Fsp3) is 0. The fourth-order valence-electron chi connectivity index (χ4n) is 3.23. The zero-order valence-corrected chi connectivity index (χ0v) is 30.8. The molecule has 0 aliphatic carbocycles. The second-order valence-electron chi connectivity index (χ2n) is 7.12. The van der Waals surface area contributed by atoms with Crippen molar-refractivity contribution in [1.82, 2.24) is 19.9 Å². The van der Waals surface area contributed by atoms with Crippen LogP contribution in [0, 0.1) is 3.57 Å². The summed E-state index contributed by atoms with van der Waals surface area (Å²) in [6.07, 6.45) is 7.70. The van der Waals surface area contributed by atoms with Crippen molar-refractivity contribution in [3.8, 4) is 0 Å². The van der Waals surface area contributed by atoms with E-state index >= 15 is 0 Å². The van der Waals surface area contributed by atoms with E-state index in [9.17, 15) is 0 Å². The van der Waals surface area contributed by atoms with E-state index in [-0.39, 0.29) is 56.9 Å². The van der Waals surface area contributed by atoms with E-state index in [0.717, 1.165) is 16.7 Å². The minimum atomic E-state index is 0. The summed E-state index contributed by atoms with van der Waals surface area (Å²) in [6, 6.07) is 27.0. The second kappa shape index (κ2) is 17.9. The van der Waals surface area contributed by atoms with Crippen molar-refractivity contribution >= 4 is 105 Å². The molecule has 0 aliphatic heterocycles. The Kier molecular flexibility index (Phi) is 16.2. The third-order valence-corrected chi connectivity index (χ3v) is 7.61. The average molecular weight is 888 g/mol. The Labute approximate surface area is 303 Å². The molecular weight excluding hydrogens is 868 g/mol. The van der Waals surface area contributed by atoms with Gasteiger partial charge in [-0.3, -0.25) is 0 Å². The van der Waals surface area contributed by atoms with Crippen LogP contribution in [0.1, 0.15) is 0 Å². The zero-order chi connectivity index (χ0) is 24.5. The summed E-state index contributed by atoms with van der Waals surface area (Å²) in [5, 5.41) is 2.34. The molecule has 0 unspecified atom stereocenters. The Morgan fingerprint density at radius 2 is 1.19 bits per heavy atom. The van der Waals surface area contributed by atoms with Gasteiger partial charge in [0, 0.05) is 95.9 Å². The number of hydrogen-bond acceptors (Lipinski definition) is 5. The maximum Gasteiger partial charge on any atom is 1.00 e. The van der Waals surface area contributed by atoms with Gasteiger partial charge in [0.2, 0.25) is 0 Å². The summed E-state index contributed by atoms with van der Waals surface area (Å²) < 4.78 is 1.21. The number of benzene rings is 2. The number of rotatable bonds is 4. The standard InChI is InChI=1S/C13H9IN2S.C13H10N2S.I2.K.H2O/c14-12-8-16-13-11(12)6-10(7-15-13)17-9-4-2-1-3-5-9;1-2-4-11(5-3-1)16-12-8-10-6-7-14-13(10)15-9-12;1-2;;/h1-8H,(H,15,16);1-9H,(H,14,15);;;1H2/q;;;+1;/p-1. The predicted molar refractivity (Wildman–Crippen MR) is 176 cm³/mol. The van der Waals surface area contributed by atoms with Gasteiger partial charge in [-0.1, -0.05) is 59.9 Å². The molecule has 11 heteroatoms. The van der Waals surface area contributed by atoms with Crippen LogP contribution in [-0.2, 0) is 0 Å². The minimum Gasteiger partial charge on any atom is -0.870 e. The Bertz CT molecular complexity index is 1500. The van der Waals surface area contributed by atoms with Crippen molar-refractivity contribution in [3.05, 3.63) is 107 Å². The first-order chi connectivity index (χ1) is 17.2. The molecule has 37 heavy (non-hydrogen) atoms. The van der Waals surface area contributed by atoms with E-state index < -0.39 is 0 Å². The molecule has 2 aromatic carbocycles. The Morgan fingerprint density at radius 1 is 0.649 bits per heavy atom. The quantitative estimate of drug-likeness (QED) is 0.154. The van der Waals surface area contributed by atoms with Crippen molar-refractivity contribution in [2.75, 3.05) is 0 Å². The van der Waals surface area contributed by atoms with E-state index in [4.69, 9.17) is 0 Å². The molecule has 0 spiro atoms. The molecule has 6 rings (SSSR count). The molecule has 4 aromatic heterocycles. The predicted octanol–water partition coefficient (Wildman–Crippen LogP) is 6.63. The van der Waals surface area contributed by atoms with Crippen LogP contribution >= 0.6 is 83.3 Å². The van der Waals surface area contributed by atoms with Crippen molar-refractivity contribution in [3.63, 3.8) is 0 Å². The van der Waals surface area contributed by atoms with Crippen LogP contribution in [0.4, 0.5) is 0 Å². The molecule has 0 amide bonds. The zero-order valence-electron chi connectivity index (χ0n) is 19.6. The molecule has 0 atom stereocenters. The van der Waals surface area contributed by atoms with Gasteiger partial charge in [0.1, 0.15) is 11.3 Å². The summed E-state index contributed by atoms with van der Waals surface area (Å²) in [4.78, 5) is 19.8. The van der Waals surface area contributed by atoms with E-state index in [1.54, 1.807) is 23.5 Å². The maximum atomic E-state index is 4.42. The number of hydrogen-bond donors (Lipinski definition) is 2. The largest absolute Gasteiger partial charge is 1.00 e. The van der Waals surface area contributed by atoms with Crippen molar-refractivity contribution in [1.29, 1.82) is 0 Å². The molecule has 0 fully saturated rings. The molecule has 6 aromatic rings. The van der Waals surface area contributed by atoms with Gasteiger partial charge >= 0.3 is 51.4 Å². The van der Waals surface area contributed by atoms with Crippen LogP contribution < -0.4 is 51.4 Å². The molecule has 0 radical (unpaired) electrons. The summed E-state index contributed by atoms with van der Waals surface area (Å²) in [5.41, 5.74) is 1.89. The van der Waals surface area contributed by atoms with Crippen LogP contribution in [0.3, 0.4) is 0 Å². The van der Waals surface area contributed by atoms with Crippen LogP contribution in [0.25, 0.3) is 22.1 Å². The third kappa shape index (κ3) is 10.0. The fourth-order valence-corrected chi connectivity index (χ4v) is 5.50. The molecule has 4 heterocycles. The van der Waals surface area contributed by atoms with Gasteiger partial charge in [-0.15, -0.1) is 0 Å². The van der Waals surface area contributed by atoms with E-state index in [2.05, 4.69) is 116 Å². The summed E-state index contributed by atoms with van der Waals surface area (Å²) in [5.74, 6) is 0. The van der Waals surface area contributed by atoms with Crippen LogP contribution in [-0.4, -0.2) is 25.4 Å². The molecule has 0 aliphatic rings. The average Bonchev–Trinajstić information content (AvgIpc) is 3.53. The number of H-pyrrole nitrogens is 2. The first kappa shape index (κ1) is 33.5. The minimum absolute atomic E-state index is 0. The molecule has 5 nitrogen and oxygen atoms in total. The monoisotopic (exact) mass is 888 g/mol.